The van der Waals surface area contributed by atoms with Gasteiger partial charge in [-0.2, -0.15) is 0 Å². The van der Waals surface area contributed by atoms with Crippen molar-refractivity contribution in [2.75, 3.05) is 29.3 Å². The number of pyridine rings is 1. The number of anilines is 3. The van der Waals surface area contributed by atoms with Crippen LogP contribution >= 0.6 is 23.8 Å². The van der Waals surface area contributed by atoms with E-state index in [1.807, 2.05) is 57.2 Å². The third-order valence-electron chi connectivity index (χ3n) is 8.14. The van der Waals surface area contributed by atoms with Crippen molar-refractivity contribution in [2.24, 2.45) is 5.41 Å². The van der Waals surface area contributed by atoms with Crippen molar-refractivity contribution in [3.8, 4) is 5.75 Å². The Labute approximate surface area is 258 Å². The van der Waals surface area contributed by atoms with Gasteiger partial charge in [0.25, 0.3) is 0 Å². The maximum Gasteiger partial charge on any atom is 0.229 e. The zero-order chi connectivity index (χ0) is 30.6. The number of rotatable bonds is 5. The van der Waals surface area contributed by atoms with Crippen molar-refractivity contribution in [1.82, 2.24) is 10.3 Å². The Kier molecular flexibility index (Phi) is 7.75. The summed E-state index contributed by atoms with van der Waals surface area (Å²) < 4.78 is 5.73. The molecule has 1 amide bonds. The van der Waals surface area contributed by atoms with Gasteiger partial charge in [0.15, 0.2) is 5.11 Å². The van der Waals surface area contributed by atoms with E-state index in [1.165, 1.54) is 5.57 Å². The predicted octanol–water partition coefficient (Wildman–Crippen LogP) is 7.54. The summed E-state index contributed by atoms with van der Waals surface area (Å²) >= 11 is 13.1. The minimum atomic E-state index is -0.551. The SMILES string of the molecule is COc1cc(N2C(=S)N[C@@H](c3ccccn3)[C@H]2c2cc3c(cc2Cl)N(C)C(C)(C)C=C3C)ccc1NC(=O)C(C)(C)C. The number of halogens is 1. The summed E-state index contributed by atoms with van der Waals surface area (Å²) in [6.07, 6.45) is 4.07. The van der Waals surface area contributed by atoms with Crippen LogP contribution in [0.25, 0.3) is 5.57 Å². The number of hydrogen-bond donors (Lipinski definition) is 2. The Bertz CT molecular complexity index is 1580. The monoisotopic (exact) mass is 603 g/mol. The zero-order valence-corrected chi connectivity index (χ0v) is 26.9. The minimum absolute atomic E-state index is 0.0996. The molecule has 2 N–H and O–H groups in total. The van der Waals surface area contributed by atoms with E-state index in [4.69, 9.17) is 28.6 Å². The number of fused-ring (bicyclic) bond motifs is 1. The van der Waals surface area contributed by atoms with E-state index in [-0.39, 0.29) is 23.5 Å². The van der Waals surface area contributed by atoms with Crippen LogP contribution in [0, 0.1) is 5.41 Å². The largest absolute Gasteiger partial charge is 0.494 e. The Morgan fingerprint density at radius 3 is 2.55 bits per heavy atom. The fourth-order valence-corrected chi connectivity index (χ4v) is 6.22. The van der Waals surface area contributed by atoms with Crippen LogP contribution < -0.4 is 25.2 Å². The number of aromatic nitrogens is 1. The first-order valence-corrected chi connectivity index (χ1v) is 14.8. The van der Waals surface area contributed by atoms with Crippen molar-refractivity contribution in [3.63, 3.8) is 0 Å². The maximum atomic E-state index is 12.7. The number of benzene rings is 2. The van der Waals surface area contributed by atoms with Gasteiger partial charge in [-0.05, 0) is 80.5 Å². The molecule has 3 aromatic rings. The molecule has 1 saturated heterocycles. The molecule has 0 bridgehead atoms. The van der Waals surface area contributed by atoms with Crippen LogP contribution in [-0.2, 0) is 4.79 Å². The number of hydrogen-bond acceptors (Lipinski definition) is 5. The lowest BCUT2D eigenvalue weighted by Gasteiger charge is -2.41. The molecule has 0 unspecified atom stereocenters. The van der Waals surface area contributed by atoms with E-state index < -0.39 is 5.41 Å². The molecule has 42 heavy (non-hydrogen) atoms. The molecule has 0 aliphatic carbocycles. The molecular weight excluding hydrogens is 566 g/mol. The standard InChI is InChI=1S/C33H38ClN5O2S/c1-19-18-33(5,6)38(7)26-17-23(34)22(16-21(19)26)29-28(25-11-9-10-14-35-25)37-31(42)39(29)20-12-13-24(27(15-20)41-8)36-30(40)32(2,3)4/h9-18,28-29H,1-8H3,(H,36,40)(H,37,42)/t28-,29+/m0/s1. The molecule has 2 aliphatic rings. The van der Waals surface area contributed by atoms with E-state index in [0.717, 1.165) is 28.2 Å². The number of thiocarbonyl (C=S) groups is 1. The van der Waals surface area contributed by atoms with Gasteiger partial charge >= 0.3 is 0 Å². The van der Waals surface area contributed by atoms with Crippen molar-refractivity contribution in [2.45, 2.75) is 59.2 Å². The number of nitrogens with one attached hydrogen (secondary N) is 2. The molecule has 2 aromatic carbocycles. The molecule has 9 heteroatoms. The first-order valence-electron chi connectivity index (χ1n) is 14.0. The van der Waals surface area contributed by atoms with Gasteiger partial charge in [0, 0.05) is 46.7 Å². The van der Waals surface area contributed by atoms with Gasteiger partial charge in [0.1, 0.15) is 5.75 Å². The minimum Gasteiger partial charge on any atom is -0.494 e. The number of likely N-dealkylation sites (N-methyl/N-ethyl adjacent to an activating group) is 1. The number of nitrogens with zero attached hydrogens (tertiary/aromatic N) is 3. The van der Waals surface area contributed by atoms with Crippen LogP contribution in [-0.4, -0.2) is 35.7 Å². The van der Waals surface area contributed by atoms with Gasteiger partial charge < -0.3 is 25.2 Å². The summed E-state index contributed by atoms with van der Waals surface area (Å²) in [6, 6.07) is 15.2. The normalized spacial score (nSPS) is 19.6. The summed E-state index contributed by atoms with van der Waals surface area (Å²) in [5.74, 6) is 0.435. The first-order chi connectivity index (χ1) is 19.7. The van der Waals surface area contributed by atoms with Crippen molar-refractivity contribution < 1.29 is 9.53 Å². The van der Waals surface area contributed by atoms with Gasteiger partial charge in [-0.1, -0.05) is 44.5 Å². The second-order valence-corrected chi connectivity index (χ2v) is 13.3. The average molecular weight is 604 g/mol. The lowest BCUT2D eigenvalue weighted by Crippen LogP contribution is -2.42. The van der Waals surface area contributed by atoms with Gasteiger partial charge in [-0.15, -0.1) is 0 Å². The molecule has 1 fully saturated rings. The number of ether oxygens (including phenoxy) is 1. The Morgan fingerprint density at radius 1 is 1.17 bits per heavy atom. The second kappa shape index (κ2) is 10.9. The smallest absolute Gasteiger partial charge is 0.229 e. The summed E-state index contributed by atoms with van der Waals surface area (Å²) in [5, 5.41) is 7.70. The summed E-state index contributed by atoms with van der Waals surface area (Å²) in [4.78, 5) is 21.7. The van der Waals surface area contributed by atoms with E-state index in [2.05, 4.69) is 71.4 Å². The number of methoxy groups -OCH3 is 1. The molecular formula is C33H38ClN5O2S. The molecule has 3 heterocycles. The van der Waals surface area contributed by atoms with Crippen molar-refractivity contribution >= 4 is 57.5 Å². The Balaban J connectivity index is 1.65. The highest BCUT2D eigenvalue weighted by Crippen LogP contribution is 2.48. The summed E-state index contributed by atoms with van der Waals surface area (Å²) in [6.45, 7) is 12.2. The number of allylic oxidation sites excluding steroid dienone is 1. The molecule has 7 nitrogen and oxygen atoms in total. The van der Waals surface area contributed by atoms with E-state index in [1.54, 1.807) is 13.3 Å². The van der Waals surface area contributed by atoms with E-state index in [0.29, 0.717) is 21.6 Å². The fourth-order valence-electron chi connectivity index (χ4n) is 5.61. The van der Waals surface area contributed by atoms with Gasteiger partial charge in [0.05, 0.1) is 36.1 Å². The van der Waals surface area contributed by atoms with Crippen LogP contribution in [0.2, 0.25) is 5.02 Å². The highest BCUT2D eigenvalue weighted by atomic mass is 35.5. The molecule has 0 spiro atoms. The summed E-state index contributed by atoms with van der Waals surface area (Å²) in [5.41, 5.74) is 5.91. The molecule has 1 aromatic heterocycles. The summed E-state index contributed by atoms with van der Waals surface area (Å²) in [7, 11) is 3.69. The van der Waals surface area contributed by atoms with Crippen LogP contribution in [0.4, 0.5) is 17.1 Å². The maximum absolute atomic E-state index is 12.7. The second-order valence-electron chi connectivity index (χ2n) is 12.5. The van der Waals surface area contributed by atoms with Crippen molar-refractivity contribution in [1.29, 1.82) is 0 Å². The topological polar surface area (TPSA) is 69.7 Å². The fraction of sp³-hybridized carbons (Fsp3) is 0.364. The number of amides is 1. The zero-order valence-electron chi connectivity index (χ0n) is 25.4. The van der Waals surface area contributed by atoms with Gasteiger partial charge in [0.2, 0.25) is 5.91 Å². The van der Waals surface area contributed by atoms with E-state index in [9.17, 15) is 4.79 Å². The Hall–Kier alpha value is -3.62. The van der Waals surface area contributed by atoms with Crippen LogP contribution in [0.5, 0.6) is 5.75 Å². The van der Waals surface area contributed by atoms with Gasteiger partial charge in [-0.25, -0.2) is 0 Å². The first kappa shape index (κ1) is 29.9. The van der Waals surface area contributed by atoms with E-state index >= 15 is 0 Å². The lowest BCUT2D eigenvalue weighted by atomic mass is 9.86. The number of carbonyl (C=O) groups is 1. The molecule has 0 saturated carbocycles. The number of carbonyl (C=O) groups excluding carboxylic acids is 1. The third-order valence-corrected chi connectivity index (χ3v) is 8.79. The molecule has 220 valence electrons. The molecule has 5 rings (SSSR count). The molecule has 0 radical (unpaired) electrons. The quantitative estimate of drug-likeness (QED) is 0.292. The highest BCUT2D eigenvalue weighted by molar-refractivity contribution is 7.80. The molecule has 2 atom stereocenters. The van der Waals surface area contributed by atoms with Crippen LogP contribution in [0.1, 0.15) is 70.4 Å². The predicted molar refractivity (Wildman–Crippen MR) is 177 cm³/mol. The highest BCUT2D eigenvalue weighted by Gasteiger charge is 2.43. The lowest BCUT2D eigenvalue weighted by molar-refractivity contribution is -0.123. The molecule has 2 aliphatic heterocycles. The van der Waals surface area contributed by atoms with Crippen LogP contribution in [0.15, 0.2) is 60.8 Å². The van der Waals surface area contributed by atoms with Crippen molar-refractivity contribution in [3.05, 3.63) is 82.6 Å². The Morgan fingerprint density at radius 2 is 1.90 bits per heavy atom. The van der Waals surface area contributed by atoms with Crippen LogP contribution in [0.3, 0.4) is 0 Å². The van der Waals surface area contributed by atoms with Gasteiger partial charge in [-0.3, -0.25) is 9.78 Å². The third kappa shape index (κ3) is 5.34. The average Bonchev–Trinajstić information content (AvgIpc) is 3.28.